The molecular formula is C17H19F2NS. The molecule has 0 fully saturated rings. The quantitative estimate of drug-likeness (QED) is 0.800. The minimum Gasteiger partial charge on any atom is -0.326 e. The normalized spacial score (nSPS) is 14.0. The van der Waals surface area contributed by atoms with E-state index in [1.54, 1.807) is 6.07 Å². The molecule has 0 saturated carbocycles. The Morgan fingerprint density at radius 1 is 1.10 bits per heavy atom. The van der Waals surface area contributed by atoms with E-state index in [1.165, 1.54) is 17.8 Å². The van der Waals surface area contributed by atoms with E-state index in [0.29, 0.717) is 4.90 Å². The minimum atomic E-state index is -0.827. The topological polar surface area (TPSA) is 26.0 Å². The number of hydrogen-bond donors (Lipinski definition) is 1. The van der Waals surface area contributed by atoms with Crippen LogP contribution in [0.25, 0.3) is 0 Å². The monoisotopic (exact) mass is 307 g/mol. The molecular weight excluding hydrogens is 288 g/mol. The largest absolute Gasteiger partial charge is 0.326 e. The highest BCUT2D eigenvalue weighted by Crippen LogP contribution is 2.39. The summed E-state index contributed by atoms with van der Waals surface area (Å²) in [5, 5.41) is 0.0149. The molecule has 2 rings (SSSR count). The van der Waals surface area contributed by atoms with Crippen LogP contribution in [0.1, 0.15) is 29.7 Å². The van der Waals surface area contributed by atoms with Crippen LogP contribution in [0, 0.1) is 18.6 Å². The number of nitrogens with two attached hydrogens (primary N) is 1. The third-order valence-corrected chi connectivity index (χ3v) is 4.89. The van der Waals surface area contributed by atoms with Crippen LogP contribution in [0.5, 0.6) is 0 Å². The maximum Gasteiger partial charge on any atom is 0.159 e. The Hall–Kier alpha value is -1.39. The summed E-state index contributed by atoms with van der Waals surface area (Å²) in [6, 6.07) is 12.0. The highest BCUT2D eigenvalue weighted by molar-refractivity contribution is 7.99. The van der Waals surface area contributed by atoms with Gasteiger partial charge in [-0.1, -0.05) is 31.2 Å². The van der Waals surface area contributed by atoms with Crippen molar-refractivity contribution in [1.29, 1.82) is 0 Å². The van der Waals surface area contributed by atoms with Crippen molar-refractivity contribution in [2.24, 2.45) is 5.73 Å². The van der Waals surface area contributed by atoms with Gasteiger partial charge in [-0.3, -0.25) is 0 Å². The van der Waals surface area contributed by atoms with E-state index in [2.05, 4.69) is 0 Å². The van der Waals surface area contributed by atoms with E-state index in [1.807, 2.05) is 38.1 Å². The Kier molecular flexibility index (Phi) is 5.37. The van der Waals surface area contributed by atoms with Gasteiger partial charge in [-0.05, 0) is 42.7 Å². The van der Waals surface area contributed by atoms with Crippen molar-refractivity contribution in [2.45, 2.75) is 36.5 Å². The summed E-state index contributed by atoms with van der Waals surface area (Å²) in [6.45, 7) is 4.07. The molecule has 0 aliphatic heterocycles. The Bertz CT molecular complexity index is 615. The molecule has 0 amide bonds. The van der Waals surface area contributed by atoms with Gasteiger partial charge in [0.15, 0.2) is 11.6 Å². The summed E-state index contributed by atoms with van der Waals surface area (Å²) in [5.41, 5.74) is 8.54. The summed E-state index contributed by atoms with van der Waals surface area (Å²) in [7, 11) is 0. The van der Waals surface area contributed by atoms with E-state index in [0.717, 1.165) is 23.6 Å². The first-order chi connectivity index (χ1) is 10.0. The van der Waals surface area contributed by atoms with Gasteiger partial charge in [0.2, 0.25) is 0 Å². The second-order valence-corrected chi connectivity index (χ2v) is 6.26. The SMILES string of the molecule is CCC(N)C(Sc1ccc(F)c(F)c1)c1ccccc1C. The van der Waals surface area contributed by atoms with Crippen molar-refractivity contribution in [1.82, 2.24) is 0 Å². The molecule has 2 aromatic carbocycles. The Morgan fingerprint density at radius 2 is 1.81 bits per heavy atom. The Morgan fingerprint density at radius 3 is 2.43 bits per heavy atom. The van der Waals surface area contributed by atoms with Gasteiger partial charge in [-0.2, -0.15) is 0 Å². The molecule has 2 aromatic rings. The average molecular weight is 307 g/mol. The third kappa shape index (κ3) is 3.83. The van der Waals surface area contributed by atoms with Crippen LogP contribution in [0.2, 0.25) is 0 Å². The van der Waals surface area contributed by atoms with Gasteiger partial charge in [-0.25, -0.2) is 8.78 Å². The predicted molar refractivity (Wildman–Crippen MR) is 84.4 cm³/mol. The summed E-state index contributed by atoms with van der Waals surface area (Å²) >= 11 is 1.48. The lowest BCUT2D eigenvalue weighted by Crippen LogP contribution is -2.26. The van der Waals surface area contributed by atoms with Gasteiger partial charge in [0.05, 0.1) is 0 Å². The van der Waals surface area contributed by atoms with Gasteiger partial charge in [-0.15, -0.1) is 11.8 Å². The van der Waals surface area contributed by atoms with Crippen LogP contribution in [0.3, 0.4) is 0 Å². The molecule has 0 heterocycles. The molecule has 4 heteroatoms. The lowest BCUT2D eigenvalue weighted by atomic mass is 10.00. The van der Waals surface area contributed by atoms with Crippen LogP contribution in [0.4, 0.5) is 8.78 Å². The number of aryl methyl sites for hydroxylation is 1. The molecule has 0 aromatic heterocycles. The predicted octanol–water partition coefficient (Wildman–Crippen LogP) is 4.84. The van der Waals surface area contributed by atoms with Crippen molar-refractivity contribution in [3.05, 3.63) is 65.2 Å². The minimum absolute atomic E-state index is 0.0149. The lowest BCUT2D eigenvalue weighted by Gasteiger charge is -2.24. The number of benzene rings is 2. The first-order valence-corrected chi connectivity index (χ1v) is 7.83. The van der Waals surface area contributed by atoms with Gasteiger partial charge in [0.25, 0.3) is 0 Å². The van der Waals surface area contributed by atoms with Crippen LogP contribution >= 0.6 is 11.8 Å². The van der Waals surface area contributed by atoms with Crippen molar-refractivity contribution >= 4 is 11.8 Å². The molecule has 0 aliphatic carbocycles. The Labute approximate surface area is 128 Å². The molecule has 0 spiro atoms. The molecule has 2 atom stereocenters. The lowest BCUT2D eigenvalue weighted by molar-refractivity contribution is 0.505. The molecule has 0 radical (unpaired) electrons. The van der Waals surface area contributed by atoms with Crippen molar-refractivity contribution in [2.75, 3.05) is 0 Å². The summed E-state index contributed by atoms with van der Waals surface area (Å²) in [4.78, 5) is 0.686. The number of rotatable bonds is 5. The van der Waals surface area contributed by atoms with Crippen LogP contribution in [-0.4, -0.2) is 6.04 Å². The van der Waals surface area contributed by atoms with E-state index in [4.69, 9.17) is 5.73 Å². The summed E-state index contributed by atoms with van der Waals surface area (Å²) < 4.78 is 26.4. The molecule has 21 heavy (non-hydrogen) atoms. The van der Waals surface area contributed by atoms with Crippen molar-refractivity contribution in [3.8, 4) is 0 Å². The second kappa shape index (κ2) is 7.05. The van der Waals surface area contributed by atoms with Gasteiger partial charge >= 0.3 is 0 Å². The molecule has 2 unspecified atom stereocenters. The third-order valence-electron chi connectivity index (χ3n) is 3.51. The maximum atomic E-state index is 13.4. The van der Waals surface area contributed by atoms with Crippen LogP contribution in [0.15, 0.2) is 47.4 Å². The van der Waals surface area contributed by atoms with Gasteiger partial charge < -0.3 is 5.73 Å². The van der Waals surface area contributed by atoms with E-state index >= 15 is 0 Å². The van der Waals surface area contributed by atoms with Crippen molar-refractivity contribution < 1.29 is 8.78 Å². The highest BCUT2D eigenvalue weighted by atomic mass is 32.2. The highest BCUT2D eigenvalue weighted by Gasteiger charge is 2.21. The van der Waals surface area contributed by atoms with Crippen LogP contribution < -0.4 is 5.73 Å². The Balaban J connectivity index is 2.33. The fraction of sp³-hybridized carbons (Fsp3) is 0.294. The summed E-state index contributed by atoms with van der Waals surface area (Å²) in [5.74, 6) is -1.65. The zero-order valence-electron chi connectivity index (χ0n) is 12.1. The summed E-state index contributed by atoms with van der Waals surface area (Å²) in [6.07, 6.45) is 0.815. The first-order valence-electron chi connectivity index (χ1n) is 6.95. The molecule has 0 aliphatic rings. The zero-order chi connectivity index (χ0) is 15.4. The smallest absolute Gasteiger partial charge is 0.159 e. The number of thioether (sulfide) groups is 1. The maximum absolute atomic E-state index is 13.4. The molecule has 112 valence electrons. The standard InChI is InChI=1S/C17H19F2NS/c1-3-16(20)17(13-7-5-4-6-11(13)2)21-12-8-9-14(18)15(19)10-12/h4-10,16-17H,3,20H2,1-2H3. The first kappa shape index (κ1) is 16.0. The molecule has 0 bridgehead atoms. The number of hydrogen-bond acceptors (Lipinski definition) is 2. The van der Waals surface area contributed by atoms with Gasteiger partial charge in [0, 0.05) is 16.2 Å². The molecule has 1 nitrogen and oxygen atoms in total. The number of halogens is 2. The molecule has 2 N–H and O–H groups in total. The molecule has 0 saturated heterocycles. The van der Waals surface area contributed by atoms with Gasteiger partial charge in [0.1, 0.15) is 0 Å². The van der Waals surface area contributed by atoms with E-state index in [9.17, 15) is 8.78 Å². The fourth-order valence-electron chi connectivity index (χ4n) is 2.20. The average Bonchev–Trinajstić information content (AvgIpc) is 2.48. The van der Waals surface area contributed by atoms with Crippen molar-refractivity contribution in [3.63, 3.8) is 0 Å². The van der Waals surface area contributed by atoms with E-state index in [-0.39, 0.29) is 11.3 Å². The fourth-order valence-corrected chi connectivity index (χ4v) is 3.57. The zero-order valence-corrected chi connectivity index (χ0v) is 13.0. The van der Waals surface area contributed by atoms with E-state index < -0.39 is 11.6 Å². The second-order valence-electron chi connectivity index (χ2n) is 5.04. The van der Waals surface area contributed by atoms with Crippen LogP contribution in [-0.2, 0) is 0 Å².